The highest BCUT2D eigenvalue weighted by Gasteiger charge is 2.28. The summed E-state index contributed by atoms with van der Waals surface area (Å²) >= 11 is 6.14. The van der Waals surface area contributed by atoms with Crippen LogP contribution in [0.2, 0.25) is 5.02 Å². The number of imidazole rings is 1. The van der Waals surface area contributed by atoms with Crippen molar-refractivity contribution in [2.75, 3.05) is 0 Å². The van der Waals surface area contributed by atoms with E-state index in [1.54, 1.807) is 16.7 Å². The number of nitrogens with zero attached hydrogens (tertiary/aromatic N) is 1. The van der Waals surface area contributed by atoms with Crippen LogP contribution in [-0.2, 0) is 13.0 Å². The Balaban J connectivity index is 1.49. The van der Waals surface area contributed by atoms with Crippen molar-refractivity contribution in [2.24, 2.45) is 0 Å². The maximum atomic E-state index is 12.2. The van der Waals surface area contributed by atoms with Crippen LogP contribution in [0.15, 0.2) is 53.5 Å². The molecule has 3 aromatic rings. The second-order valence-corrected chi connectivity index (χ2v) is 7.54. The van der Waals surface area contributed by atoms with Gasteiger partial charge >= 0.3 is 5.69 Å². The van der Waals surface area contributed by atoms with E-state index in [0.29, 0.717) is 30.8 Å². The van der Waals surface area contributed by atoms with Gasteiger partial charge in [-0.15, -0.1) is 0 Å². The molecule has 6 nitrogen and oxygen atoms in total. The average Bonchev–Trinajstić information content (AvgIpc) is 2.93. The minimum absolute atomic E-state index is 0.0668. The molecule has 2 aromatic carbocycles. The topological polar surface area (TPSA) is 90.3 Å². The Morgan fingerprint density at radius 1 is 1.32 bits per heavy atom. The molecule has 2 heterocycles. The number of aliphatic hydroxyl groups is 1. The van der Waals surface area contributed by atoms with Crippen LogP contribution in [0.25, 0.3) is 11.0 Å². The number of aromatic amines is 1. The zero-order valence-electron chi connectivity index (χ0n) is 15.3. The van der Waals surface area contributed by atoms with Crippen LogP contribution in [-0.4, -0.2) is 25.8 Å². The van der Waals surface area contributed by atoms with Crippen molar-refractivity contribution >= 4 is 22.6 Å². The lowest BCUT2D eigenvalue weighted by molar-refractivity contribution is 0.130. The third-order valence-electron chi connectivity index (χ3n) is 5.33. The Labute approximate surface area is 167 Å². The summed E-state index contributed by atoms with van der Waals surface area (Å²) in [5.41, 5.74) is 3.69. The summed E-state index contributed by atoms with van der Waals surface area (Å²) in [5, 5.41) is 24.3. The lowest BCUT2D eigenvalue weighted by Gasteiger charge is -2.25. The predicted octanol–water partition coefficient (Wildman–Crippen LogP) is 3.23. The molecule has 4 N–H and O–H groups in total. The standard InChI is InChI=1S/C21H22ClN3O3/c1-12(8-9-13-4-2-7-17(26)18(13)22)23-16-10-11-25-19-14(20(16)27)5-3-6-15(19)24-21(25)28/h2-7,16,20,23,26-27H,1,8-11H2,(H,24,28)/t16-,20-/m1/s1. The average molecular weight is 400 g/mol. The monoisotopic (exact) mass is 399 g/mol. The SMILES string of the molecule is C=C(CCc1cccc(O)c1Cl)N[C@@H]1CCn2c(=O)[nH]c3cccc(c32)[C@H]1O. The quantitative estimate of drug-likeness (QED) is 0.530. The van der Waals surface area contributed by atoms with Crippen molar-refractivity contribution in [1.29, 1.82) is 0 Å². The Morgan fingerprint density at radius 2 is 2.11 bits per heavy atom. The third-order valence-corrected chi connectivity index (χ3v) is 5.77. The number of para-hydroxylation sites is 1. The summed E-state index contributed by atoms with van der Waals surface area (Å²) < 4.78 is 1.69. The van der Waals surface area contributed by atoms with Gasteiger partial charge < -0.3 is 20.5 Å². The highest BCUT2D eigenvalue weighted by Crippen LogP contribution is 2.31. The van der Waals surface area contributed by atoms with Gasteiger partial charge in [0.2, 0.25) is 0 Å². The van der Waals surface area contributed by atoms with Crippen LogP contribution in [0.1, 0.15) is 30.1 Å². The number of phenolic OH excluding ortho intramolecular Hbond substituents is 1. The number of phenols is 1. The molecule has 0 spiro atoms. The number of rotatable bonds is 5. The normalized spacial score (nSPS) is 18.8. The largest absolute Gasteiger partial charge is 0.506 e. The first-order valence-electron chi connectivity index (χ1n) is 9.26. The van der Waals surface area contributed by atoms with Gasteiger partial charge in [0, 0.05) is 17.8 Å². The van der Waals surface area contributed by atoms with Crippen LogP contribution in [0.3, 0.4) is 0 Å². The molecular formula is C21H22ClN3O3. The zero-order chi connectivity index (χ0) is 19.8. The van der Waals surface area contributed by atoms with Gasteiger partial charge in [-0.25, -0.2) is 4.79 Å². The Kier molecular flexibility index (Phi) is 4.91. The first-order valence-corrected chi connectivity index (χ1v) is 9.63. The van der Waals surface area contributed by atoms with Crippen LogP contribution >= 0.6 is 11.6 Å². The van der Waals surface area contributed by atoms with E-state index in [0.717, 1.165) is 27.9 Å². The molecule has 0 bridgehead atoms. The number of allylic oxidation sites excluding steroid dienone is 1. The summed E-state index contributed by atoms with van der Waals surface area (Å²) in [4.78, 5) is 15.1. The molecule has 0 amide bonds. The van der Waals surface area contributed by atoms with Crippen molar-refractivity contribution in [2.45, 2.75) is 38.0 Å². The highest BCUT2D eigenvalue weighted by atomic mass is 35.5. The highest BCUT2D eigenvalue weighted by molar-refractivity contribution is 6.32. The van der Waals surface area contributed by atoms with Crippen molar-refractivity contribution in [1.82, 2.24) is 14.9 Å². The molecular weight excluding hydrogens is 378 g/mol. The molecule has 0 saturated carbocycles. The Bertz CT molecular complexity index is 1100. The van der Waals surface area contributed by atoms with Gasteiger partial charge in [0.15, 0.2) is 0 Å². The number of H-pyrrole nitrogens is 1. The van der Waals surface area contributed by atoms with E-state index in [1.165, 1.54) is 0 Å². The lowest BCUT2D eigenvalue weighted by Crippen LogP contribution is -2.34. The summed E-state index contributed by atoms with van der Waals surface area (Å²) in [6, 6.07) is 10.5. The van der Waals surface area contributed by atoms with Crippen molar-refractivity contribution < 1.29 is 10.2 Å². The molecule has 0 radical (unpaired) electrons. The molecule has 0 aliphatic carbocycles. The number of aromatic nitrogens is 2. The van der Waals surface area contributed by atoms with Crippen molar-refractivity contribution in [3.63, 3.8) is 0 Å². The maximum absolute atomic E-state index is 12.2. The van der Waals surface area contributed by atoms with Gasteiger partial charge in [0.25, 0.3) is 0 Å². The number of hydrogen-bond acceptors (Lipinski definition) is 4. The second-order valence-electron chi connectivity index (χ2n) is 7.16. The molecule has 0 fully saturated rings. The van der Waals surface area contributed by atoms with E-state index in [4.69, 9.17) is 11.6 Å². The van der Waals surface area contributed by atoms with Gasteiger partial charge in [0.1, 0.15) is 11.9 Å². The lowest BCUT2D eigenvalue weighted by atomic mass is 9.99. The molecule has 4 rings (SSSR count). The summed E-state index contributed by atoms with van der Waals surface area (Å²) in [6.07, 6.45) is 1.07. The Hall–Kier alpha value is -2.70. The predicted molar refractivity (Wildman–Crippen MR) is 110 cm³/mol. The fourth-order valence-corrected chi connectivity index (χ4v) is 4.09. The zero-order valence-corrected chi connectivity index (χ0v) is 16.0. The fraction of sp³-hybridized carbons (Fsp3) is 0.286. The first kappa shape index (κ1) is 18.7. The molecule has 1 aromatic heterocycles. The maximum Gasteiger partial charge on any atom is 0.326 e. The van der Waals surface area contributed by atoms with E-state index >= 15 is 0 Å². The van der Waals surface area contributed by atoms with Crippen LogP contribution in [0, 0.1) is 0 Å². The van der Waals surface area contributed by atoms with Crippen LogP contribution in [0.5, 0.6) is 5.75 Å². The minimum atomic E-state index is -0.756. The molecule has 0 saturated heterocycles. The van der Waals surface area contributed by atoms with Gasteiger partial charge in [-0.05, 0) is 37.0 Å². The summed E-state index contributed by atoms with van der Waals surface area (Å²) in [6.45, 7) is 4.59. The molecule has 7 heteroatoms. The third kappa shape index (κ3) is 3.30. The Morgan fingerprint density at radius 3 is 2.93 bits per heavy atom. The number of halogens is 1. The molecule has 28 heavy (non-hydrogen) atoms. The number of benzene rings is 2. The molecule has 1 aliphatic rings. The summed E-state index contributed by atoms with van der Waals surface area (Å²) in [7, 11) is 0. The van der Waals surface area contributed by atoms with Crippen molar-refractivity contribution in [3.05, 3.63) is 75.3 Å². The van der Waals surface area contributed by atoms with Gasteiger partial charge in [0.05, 0.1) is 22.1 Å². The van der Waals surface area contributed by atoms with E-state index in [2.05, 4.69) is 16.9 Å². The van der Waals surface area contributed by atoms with E-state index in [9.17, 15) is 15.0 Å². The van der Waals surface area contributed by atoms with Gasteiger partial charge in [-0.3, -0.25) is 4.57 Å². The number of aromatic hydroxyl groups is 1. The first-order chi connectivity index (χ1) is 13.5. The van der Waals surface area contributed by atoms with Gasteiger partial charge in [-0.2, -0.15) is 0 Å². The molecule has 0 unspecified atom stereocenters. The van der Waals surface area contributed by atoms with E-state index < -0.39 is 6.10 Å². The molecule has 1 aliphatic heterocycles. The van der Waals surface area contributed by atoms with Gasteiger partial charge in [-0.1, -0.05) is 42.4 Å². The molecule has 2 atom stereocenters. The summed E-state index contributed by atoms with van der Waals surface area (Å²) in [5.74, 6) is 0.0668. The number of hydrogen-bond donors (Lipinski definition) is 4. The number of aliphatic hydroxyl groups excluding tert-OH is 1. The van der Waals surface area contributed by atoms with Crippen LogP contribution < -0.4 is 11.0 Å². The molecule has 146 valence electrons. The second kappa shape index (κ2) is 7.37. The number of aryl methyl sites for hydroxylation is 2. The van der Waals surface area contributed by atoms with E-state index in [1.807, 2.05) is 24.3 Å². The number of nitrogens with one attached hydrogen (secondary N) is 2. The fourth-order valence-electron chi connectivity index (χ4n) is 3.87. The smallest absolute Gasteiger partial charge is 0.326 e. The van der Waals surface area contributed by atoms with E-state index in [-0.39, 0.29) is 17.5 Å². The van der Waals surface area contributed by atoms with Crippen LogP contribution in [0.4, 0.5) is 0 Å². The van der Waals surface area contributed by atoms with Crippen molar-refractivity contribution in [3.8, 4) is 5.75 Å². The minimum Gasteiger partial charge on any atom is -0.506 e.